The average molecular weight is 205 g/mol. The number of carbonyl (C=O) groups excluding carboxylic acids is 1. The van der Waals surface area contributed by atoms with E-state index in [2.05, 4.69) is 4.99 Å². The molecular formula is C12H15NO2. The summed E-state index contributed by atoms with van der Waals surface area (Å²) in [5.74, 6) is 0. The van der Waals surface area contributed by atoms with E-state index in [1.807, 2.05) is 37.3 Å². The van der Waals surface area contributed by atoms with Gasteiger partial charge >= 0.3 is 6.09 Å². The Morgan fingerprint density at radius 3 is 2.80 bits per heavy atom. The molecule has 0 aliphatic heterocycles. The summed E-state index contributed by atoms with van der Waals surface area (Å²) < 4.78 is 4.94. The van der Waals surface area contributed by atoms with Crippen LogP contribution in [0.1, 0.15) is 25.3 Å². The van der Waals surface area contributed by atoms with E-state index in [0.29, 0.717) is 0 Å². The Morgan fingerprint density at radius 1 is 1.40 bits per heavy atom. The van der Waals surface area contributed by atoms with Crippen LogP contribution in [-0.4, -0.2) is 12.3 Å². The number of amides is 1. The summed E-state index contributed by atoms with van der Waals surface area (Å²) in [6.45, 7) is 2.31. The highest BCUT2D eigenvalue weighted by Crippen LogP contribution is 2.01. The molecule has 0 bridgehead atoms. The monoisotopic (exact) mass is 205 g/mol. The molecule has 1 aromatic carbocycles. The molecule has 0 saturated heterocycles. The fraction of sp³-hybridized carbons (Fsp3) is 0.333. The minimum absolute atomic E-state index is 0.281. The molecule has 0 saturated carbocycles. The first-order valence-electron chi connectivity index (χ1n) is 5.06. The van der Waals surface area contributed by atoms with Crippen LogP contribution >= 0.6 is 0 Å². The Kier molecular flexibility index (Phi) is 5.15. The minimum atomic E-state index is -0.521. The number of aliphatic imine (C=N–C) groups is 1. The van der Waals surface area contributed by atoms with Crippen molar-refractivity contribution in [2.75, 3.05) is 0 Å². The predicted octanol–water partition coefficient (Wildman–Crippen LogP) is 3.19. The van der Waals surface area contributed by atoms with E-state index in [1.54, 1.807) is 6.21 Å². The molecule has 0 unspecified atom stereocenters. The van der Waals surface area contributed by atoms with Crippen LogP contribution in [0.25, 0.3) is 0 Å². The lowest BCUT2D eigenvalue weighted by atomic mass is 10.2. The lowest BCUT2D eigenvalue weighted by Crippen LogP contribution is -1.99. The topological polar surface area (TPSA) is 38.7 Å². The van der Waals surface area contributed by atoms with Crippen molar-refractivity contribution in [1.82, 2.24) is 0 Å². The van der Waals surface area contributed by atoms with Gasteiger partial charge in [0.2, 0.25) is 0 Å². The number of hydrogen-bond donors (Lipinski definition) is 0. The highest BCUT2D eigenvalue weighted by molar-refractivity contribution is 5.79. The Labute approximate surface area is 89.8 Å². The van der Waals surface area contributed by atoms with Crippen LogP contribution in [0.5, 0.6) is 0 Å². The van der Waals surface area contributed by atoms with Gasteiger partial charge in [0.25, 0.3) is 0 Å². The van der Waals surface area contributed by atoms with Crippen molar-refractivity contribution in [3.8, 4) is 0 Å². The molecule has 15 heavy (non-hydrogen) atoms. The molecule has 0 radical (unpaired) electrons. The first kappa shape index (κ1) is 11.4. The van der Waals surface area contributed by atoms with Gasteiger partial charge in [-0.25, -0.2) is 4.79 Å². The van der Waals surface area contributed by atoms with Gasteiger partial charge in [0.15, 0.2) is 0 Å². The van der Waals surface area contributed by atoms with Gasteiger partial charge in [0, 0.05) is 6.21 Å². The molecule has 0 heterocycles. The van der Waals surface area contributed by atoms with Crippen molar-refractivity contribution in [2.24, 2.45) is 4.99 Å². The van der Waals surface area contributed by atoms with E-state index in [-0.39, 0.29) is 6.61 Å². The second kappa shape index (κ2) is 6.76. The molecule has 1 rings (SSSR count). The third-order valence-corrected chi connectivity index (χ3v) is 1.82. The van der Waals surface area contributed by atoms with Gasteiger partial charge in [-0.2, -0.15) is 4.99 Å². The Hall–Kier alpha value is -1.64. The van der Waals surface area contributed by atoms with Crippen LogP contribution in [0.15, 0.2) is 35.3 Å². The highest BCUT2D eigenvalue weighted by Gasteiger charge is 1.98. The van der Waals surface area contributed by atoms with Crippen molar-refractivity contribution in [2.45, 2.75) is 26.4 Å². The normalized spacial score (nSPS) is 10.5. The lowest BCUT2D eigenvalue weighted by molar-refractivity contribution is 0.151. The third-order valence-electron chi connectivity index (χ3n) is 1.82. The summed E-state index contributed by atoms with van der Waals surface area (Å²) in [4.78, 5) is 14.7. The van der Waals surface area contributed by atoms with Crippen molar-refractivity contribution >= 4 is 12.3 Å². The van der Waals surface area contributed by atoms with Crippen molar-refractivity contribution in [3.63, 3.8) is 0 Å². The predicted molar refractivity (Wildman–Crippen MR) is 60.0 cm³/mol. The van der Waals surface area contributed by atoms with Gasteiger partial charge in [0.05, 0.1) is 0 Å². The summed E-state index contributed by atoms with van der Waals surface area (Å²) in [5.41, 5.74) is 0.969. The SMILES string of the molecule is CCC/C=N/C(=O)OCc1ccccc1. The molecule has 1 amide bonds. The zero-order chi connectivity index (χ0) is 10.9. The minimum Gasteiger partial charge on any atom is -0.443 e. The molecule has 0 N–H and O–H groups in total. The van der Waals surface area contributed by atoms with Crippen LogP contribution in [0, 0.1) is 0 Å². The average Bonchev–Trinajstić information content (AvgIpc) is 2.28. The highest BCUT2D eigenvalue weighted by atomic mass is 16.5. The molecule has 80 valence electrons. The van der Waals surface area contributed by atoms with E-state index < -0.39 is 6.09 Å². The van der Waals surface area contributed by atoms with Gasteiger partial charge in [-0.15, -0.1) is 0 Å². The van der Waals surface area contributed by atoms with E-state index in [0.717, 1.165) is 18.4 Å². The second-order valence-corrected chi connectivity index (χ2v) is 3.14. The number of benzene rings is 1. The van der Waals surface area contributed by atoms with Crippen LogP contribution in [-0.2, 0) is 11.3 Å². The molecule has 0 spiro atoms. The summed E-state index contributed by atoms with van der Waals surface area (Å²) in [6.07, 6.45) is 2.86. The van der Waals surface area contributed by atoms with Crippen LogP contribution in [0.3, 0.4) is 0 Å². The molecule has 3 nitrogen and oxygen atoms in total. The number of nitrogens with zero attached hydrogens (tertiary/aromatic N) is 1. The Balaban J connectivity index is 2.28. The third kappa shape index (κ3) is 4.96. The number of ether oxygens (including phenoxy) is 1. The number of hydrogen-bond acceptors (Lipinski definition) is 2. The zero-order valence-electron chi connectivity index (χ0n) is 8.85. The van der Waals surface area contributed by atoms with Crippen LogP contribution in [0.2, 0.25) is 0 Å². The maximum absolute atomic E-state index is 11.1. The Morgan fingerprint density at radius 2 is 2.13 bits per heavy atom. The zero-order valence-corrected chi connectivity index (χ0v) is 8.85. The van der Waals surface area contributed by atoms with E-state index in [9.17, 15) is 4.79 Å². The Bertz CT molecular complexity index is 320. The van der Waals surface area contributed by atoms with Gasteiger partial charge < -0.3 is 4.74 Å². The number of rotatable bonds is 4. The van der Waals surface area contributed by atoms with Crippen LogP contribution < -0.4 is 0 Å². The molecule has 0 fully saturated rings. The molecule has 0 aliphatic carbocycles. The largest absolute Gasteiger partial charge is 0.443 e. The number of carbonyl (C=O) groups is 1. The maximum Gasteiger partial charge on any atom is 0.433 e. The fourth-order valence-electron chi connectivity index (χ4n) is 1.02. The van der Waals surface area contributed by atoms with Crippen molar-refractivity contribution in [1.29, 1.82) is 0 Å². The molecular weight excluding hydrogens is 190 g/mol. The van der Waals surface area contributed by atoms with E-state index >= 15 is 0 Å². The quantitative estimate of drug-likeness (QED) is 0.708. The summed E-state index contributed by atoms with van der Waals surface area (Å²) in [7, 11) is 0. The van der Waals surface area contributed by atoms with Gasteiger partial charge in [-0.3, -0.25) is 0 Å². The fourth-order valence-corrected chi connectivity index (χ4v) is 1.02. The van der Waals surface area contributed by atoms with Crippen molar-refractivity contribution in [3.05, 3.63) is 35.9 Å². The number of unbranched alkanes of at least 4 members (excludes halogenated alkanes) is 1. The van der Waals surface area contributed by atoms with Crippen LogP contribution in [0.4, 0.5) is 4.79 Å². The lowest BCUT2D eigenvalue weighted by Gasteiger charge is -2.00. The summed E-state index contributed by atoms with van der Waals surface area (Å²) in [6, 6.07) is 9.55. The smallest absolute Gasteiger partial charge is 0.433 e. The van der Waals surface area contributed by atoms with Gasteiger partial charge in [-0.1, -0.05) is 43.7 Å². The standard InChI is InChI=1S/C12H15NO2/c1-2-3-9-13-12(14)15-10-11-7-5-4-6-8-11/h4-9H,2-3,10H2,1H3/b13-9+. The van der Waals surface area contributed by atoms with Gasteiger partial charge in [0.1, 0.15) is 6.61 Å². The molecule has 0 aliphatic rings. The second-order valence-electron chi connectivity index (χ2n) is 3.14. The van der Waals surface area contributed by atoms with E-state index in [1.165, 1.54) is 0 Å². The molecule has 1 aromatic rings. The molecule has 0 atom stereocenters. The first-order chi connectivity index (χ1) is 7.33. The molecule has 3 heteroatoms. The maximum atomic E-state index is 11.1. The van der Waals surface area contributed by atoms with Gasteiger partial charge in [-0.05, 0) is 12.0 Å². The van der Waals surface area contributed by atoms with Crippen molar-refractivity contribution < 1.29 is 9.53 Å². The summed E-state index contributed by atoms with van der Waals surface area (Å²) >= 11 is 0. The first-order valence-corrected chi connectivity index (χ1v) is 5.06. The molecule has 0 aromatic heterocycles. The van der Waals surface area contributed by atoms with E-state index in [4.69, 9.17) is 4.74 Å². The summed E-state index contributed by atoms with van der Waals surface area (Å²) in [5, 5.41) is 0.